The minimum Gasteiger partial charge on any atom is -0.490 e. The van der Waals surface area contributed by atoms with Gasteiger partial charge in [-0.25, -0.2) is 0 Å². The van der Waals surface area contributed by atoms with Gasteiger partial charge in [-0.15, -0.1) is 0 Å². The molecule has 1 aromatic carbocycles. The highest BCUT2D eigenvalue weighted by Gasteiger charge is 2.41. The van der Waals surface area contributed by atoms with Gasteiger partial charge >= 0.3 is 0 Å². The molecule has 2 saturated carbocycles. The van der Waals surface area contributed by atoms with Crippen molar-refractivity contribution < 1.29 is 4.74 Å². The van der Waals surface area contributed by atoms with Gasteiger partial charge in [-0.1, -0.05) is 11.6 Å². The van der Waals surface area contributed by atoms with Crippen LogP contribution in [0.4, 0.5) is 0 Å². The Labute approximate surface area is 113 Å². The number of hydrogen-bond donors (Lipinski definition) is 1. The largest absolute Gasteiger partial charge is 0.490 e. The average Bonchev–Trinajstić information content (AvgIpc) is 2.93. The second-order valence-electron chi connectivity index (χ2n) is 5.80. The summed E-state index contributed by atoms with van der Waals surface area (Å²) in [5.41, 5.74) is 7.01. The summed E-state index contributed by atoms with van der Waals surface area (Å²) < 4.78 is 6.22. The van der Waals surface area contributed by atoms with Crippen LogP contribution >= 0.6 is 11.6 Å². The fourth-order valence-electron chi connectivity index (χ4n) is 3.48. The maximum atomic E-state index is 6.22. The Morgan fingerprint density at radius 2 is 2.17 bits per heavy atom. The van der Waals surface area contributed by atoms with Crippen molar-refractivity contribution in [2.24, 2.45) is 17.6 Å². The van der Waals surface area contributed by atoms with Crippen molar-refractivity contribution in [2.75, 3.05) is 0 Å². The molecular weight excluding hydrogens is 246 g/mol. The van der Waals surface area contributed by atoms with Crippen molar-refractivity contribution in [3.05, 3.63) is 28.8 Å². The molecule has 2 aliphatic rings. The summed E-state index contributed by atoms with van der Waals surface area (Å²) in [7, 11) is 0. The van der Waals surface area contributed by atoms with Crippen LogP contribution < -0.4 is 10.5 Å². The summed E-state index contributed by atoms with van der Waals surface area (Å²) in [5.74, 6) is 2.57. The summed E-state index contributed by atoms with van der Waals surface area (Å²) >= 11 is 6.03. The van der Waals surface area contributed by atoms with Gasteiger partial charge in [-0.2, -0.15) is 0 Å². The first-order valence-electron chi connectivity index (χ1n) is 6.85. The molecule has 0 saturated heterocycles. The molecule has 0 heterocycles. The van der Waals surface area contributed by atoms with Crippen LogP contribution in [0, 0.1) is 11.8 Å². The van der Waals surface area contributed by atoms with Gasteiger partial charge in [-0.3, -0.25) is 0 Å². The number of rotatable bonds is 3. The topological polar surface area (TPSA) is 35.2 Å². The Kier molecular flexibility index (Phi) is 3.25. The lowest BCUT2D eigenvalue weighted by atomic mass is 9.97. The van der Waals surface area contributed by atoms with Crippen molar-refractivity contribution in [1.29, 1.82) is 0 Å². The SMILES string of the molecule is CC(N)c1cc(Cl)ccc1OC1CC2CCC1C2. The fourth-order valence-corrected chi connectivity index (χ4v) is 3.66. The first-order valence-corrected chi connectivity index (χ1v) is 7.23. The Bertz CT molecular complexity index is 446. The van der Waals surface area contributed by atoms with E-state index in [-0.39, 0.29) is 6.04 Å². The molecule has 3 rings (SSSR count). The van der Waals surface area contributed by atoms with Gasteiger partial charge in [-0.05, 0) is 62.6 Å². The van der Waals surface area contributed by atoms with E-state index < -0.39 is 0 Å². The highest BCUT2D eigenvalue weighted by molar-refractivity contribution is 6.30. The van der Waals surface area contributed by atoms with Crippen LogP contribution in [0.3, 0.4) is 0 Å². The van der Waals surface area contributed by atoms with Crippen LogP contribution in [0.1, 0.15) is 44.2 Å². The van der Waals surface area contributed by atoms with Gasteiger partial charge in [0.25, 0.3) is 0 Å². The number of halogens is 1. The fraction of sp³-hybridized carbons (Fsp3) is 0.600. The third kappa shape index (κ3) is 2.24. The van der Waals surface area contributed by atoms with Crippen LogP contribution in [-0.2, 0) is 0 Å². The average molecular weight is 266 g/mol. The van der Waals surface area contributed by atoms with Gasteiger partial charge in [0.05, 0.1) is 0 Å². The van der Waals surface area contributed by atoms with Crippen LogP contribution in [0.25, 0.3) is 0 Å². The highest BCUT2D eigenvalue weighted by Crippen LogP contribution is 2.46. The Hall–Kier alpha value is -0.730. The van der Waals surface area contributed by atoms with E-state index in [4.69, 9.17) is 22.1 Å². The standard InChI is InChI=1S/C15H20ClNO/c1-9(17)13-8-12(16)4-5-14(13)18-15-7-10-2-3-11(15)6-10/h4-5,8-11,15H,2-3,6-7,17H2,1H3. The molecule has 4 unspecified atom stereocenters. The molecule has 98 valence electrons. The van der Waals surface area contributed by atoms with Crippen LogP contribution in [0.2, 0.25) is 5.02 Å². The minimum absolute atomic E-state index is 0.0442. The van der Waals surface area contributed by atoms with E-state index in [1.165, 1.54) is 25.7 Å². The van der Waals surface area contributed by atoms with Crippen LogP contribution in [0.15, 0.2) is 18.2 Å². The van der Waals surface area contributed by atoms with Crippen molar-refractivity contribution in [3.8, 4) is 5.75 Å². The molecule has 0 spiro atoms. The molecule has 18 heavy (non-hydrogen) atoms. The Morgan fingerprint density at radius 1 is 1.33 bits per heavy atom. The number of nitrogens with two attached hydrogens (primary N) is 1. The molecule has 2 nitrogen and oxygen atoms in total. The normalized spacial score (nSPS) is 31.6. The van der Waals surface area contributed by atoms with Crippen LogP contribution in [0.5, 0.6) is 5.75 Å². The van der Waals surface area contributed by atoms with E-state index in [2.05, 4.69) is 0 Å². The zero-order valence-electron chi connectivity index (χ0n) is 10.7. The van der Waals surface area contributed by atoms with Crippen molar-refractivity contribution in [1.82, 2.24) is 0 Å². The van der Waals surface area contributed by atoms with E-state index >= 15 is 0 Å². The van der Waals surface area contributed by atoms with Gasteiger partial charge < -0.3 is 10.5 Å². The lowest BCUT2D eigenvalue weighted by Gasteiger charge is -2.25. The quantitative estimate of drug-likeness (QED) is 0.899. The summed E-state index contributed by atoms with van der Waals surface area (Å²) in [6, 6.07) is 5.73. The molecule has 2 bridgehead atoms. The predicted octanol–water partition coefficient (Wildman–Crippen LogP) is 3.93. The molecule has 2 aliphatic carbocycles. The zero-order valence-corrected chi connectivity index (χ0v) is 11.5. The van der Waals surface area contributed by atoms with Crippen LogP contribution in [-0.4, -0.2) is 6.10 Å². The third-order valence-electron chi connectivity index (χ3n) is 4.41. The third-order valence-corrected chi connectivity index (χ3v) is 4.65. The van der Waals surface area contributed by atoms with E-state index in [1.807, 2.05) is 25.1 Å². The smallest absolute Gasteiger partial charge is 0.124 e. The zero-order chi connectivity index (χ0) is 12.7. The predicted molar refractivity (Wildman–Crippen MR) is 73.9 cm³/mol. The van der Waals surface area contributed by atoms with E-state index in [0.717, 1.165) is 28.2 Å². The molecule has 0 aliphatic heterocycles. The molecule has 4 atom stereocenters. The summed E-state index contributed by atoms with van der Waals surface area (Å²) in [4.78, 5) is 0. The van der Waals surface area contributed by atoms with Gasteiger partial charge in [0, 0.05) is 16.6 Å². The summed E-state index contributed by atoms with van der Waals surface area (Å²) in [6.07, 6.45) is 5.68. The highest BCUT2D eigenvalue weighted by atomic mass is 35.5. The molecule has 2 N–H and O–H groups in total. The van der Waals surface area contributed by atoms with E-state index in [1.54, 1.807) is 0 Å². The monoisotopic (exact) mass is 265 g/mol. The molecular formula is C15H20ClNO. The number of ether oxygens (including phenoxy) is 1. The van der Waals surface area contributed by atoms with Crippen molar-refractivity contribution >= 4 is 11.6 Å². The van der Waals surface area contributed by atoms with Crippen molar-refractivity contribution in [3.63, 3.8) is 0 Å². The lowest BCUT2D eigenvalue weighted by molar-refractivity contribution is 0.136. The number of hydrogen-bond acceptors (Lipinski definition) is 2. The maximum Gasteiger partial charge on any atom is 0.124 e. The molecule has 1 aromatic rings. The minimum atomic E-state index is -0.0442. The number of fused-ring (bicyclic) bond motifs is 2. The van der Waals surface area contributed by atoms with Gasteiger partial charge in [0.1, 0.15) is 11.9 Å². The summed E-state index contributed by atoms with van der Waals surface area (Å²) in [5, 5.41) is 0.725. The Balaban J connectivity index is 1.80. The first kappa shape index (κ1) is 12.3. The van der Waals surface area contributed by atoms with Gasteiger partial charge in [0.15, 0.2) is 0 Å². The second-order valence-corrected chi connectivity index (χ2v) is 6.24. The first-order chi connectivity index (χ1) is 8.63. The maximum absolute atomic E-state index is 6.22. The second kappa shape index (κ2) is 4.75. The molecule has 2 fully saturated rings. The van der Waals surface area contributed by atoms with E-state index in [0.29, 0.717) is 6.10 Å². The molecule has 0 radical (unpaired) electrons. The summed E-state index contributed by atoms with van der Waals surface area (Å²) in [6.45, 7) is 1.97. The number of benzene rings is 1. The molecule has 0 amide bonds. The molecule has 3 heteroatoms. The Morgan fingerprint density at radius 3 is 2.78 bits per heavy atom. The van der Waals surface area contributed by atoms with Crippen molar-refractivity contribution in [2.45, 2.75) is 44.8 Å². The molecule has 0 aromatic heterocycles. The van der Waals surface area contributed by atoms with E-state index in [9.17, 15) is 0 Å². The van der Waals surface area contributed by atoms with Gasteiger partial charge in [0.2, 0.25) is 0 Å². The lowest BCUT2D eigenvalue weighted by Crippen LogP contribution is -2.24.